The van der Waals surface area contributed by atoms with E-state index in [4.69, 9.17) is 4.74 Å². The minimum atomic E-state index is -0.548. The van der Waals surface area contributed by atoms with Gasteiger partial charge in [0.15, 0.2) is 0 Å². The van der Waals surface area contributed by atoms with Crippen molar-refractivity contribution in [2.24, 2.45) is 0 Å². The standard InChI is InChI=1S/C20H22F2N2O/c21-16-9-17(22)11-18(10-16)24-12-20(13-24)25-19-3-1-14(2-4-19)15-5-7-23-8-6-15/h1-4,9-11,15,20,23H,5-8,12-13H2. The molecule has 0 saturated carbocycles. The first-order valence-corrected chi connectivity index (χ1v) is 8.86. The van der Waals surface area contributed by atoms with Crippen LogP contribution in [-0.4, -0.2) is 32.3 Å². The maximum atomic E-state index is 13.3. The first-order valence-electron chi connectivity index (χ1n) is 8.86. The summed E-state index contributed by atoms with van der Waals surface area (Å²) in [5.74, 6) is 0.394. The van der Waals surface area contributed by atoms with E-state index in [1.54, 1.807) is 0 Å². The Bertz CT molecular complexity index is 703. The van der Waals surface area contributed by atoms with Crippen molar-refractivity contribution in [1.82, 2.24) is 5.32 Å². The molecule has 2 heterocycles. The predicted molar refractivity (Wildman–Crippen MR) is 94.3 cm³/mol. The van der Waals surface area contributed by atoms with Crippen molar-refractivity contribution in [3.05, 3.63) is 59.7 Å². The van der Waals surface area contributed by atoms with Crippen molar-refractivity contribution in [1.29, 1.82) is 0 Å². The Morgan fingerprint density at radius 2 is 1.56 bits per heavy atom. The van der Waals surface area contributed by atoms with Gasteiger partial charge in [-0.25, -0.2) is 8.78 Å². The van der Waals surface area contributed by atoms with Gasteiger partial charge < -0.3 is 15.0 Å². The highest BCUT2D eigenvalue weighted by molar-refractivity contribution is 5.50. The van der Waals surface area contributed by atoms with Crippen molar-refractivity contribution in [2.75, 3.05) is 31.1 Å². The zero-order valence-electron chi connectivity index (χ0n) is 14.1. The fourth-order valence-electron chi connectivity index (χ4n) is 3.61. The summed E-state index contributed by atoms with van der Waals surface area (Å²) in [7, 11) is 0. The van der Waals surface area contributed by atoms with Crippen LogP contribution in [0, 0.1) is 11.6 Å². The van der Waals surface area contributed by atoms with E-state index in [1.165, 1.54) is 30.5 Å². The fourth-order valence-corrected chi connectivity index (χ4v) is 3.61. The highest BCUT2D eigenvalue weighted by atomic mass is 19.1. The van der Waals surface area contributed by atoms with Gasteiger partial charge in [-0.1, -0.05) is 12.1 Å². The molecule has 2 aliphatic heterocycles. The molecule has 25 heavy (non-hydrogen) atoms. The Kier molecular flexibility index (Phi) is 4.57. The van der Waals surface area contributed by atoms with E-state index in [0.717, 1.165) is 24.9 Å². The summed E-state index contributed by atoms with van der Waals surface area (Å²) in [5.41, 5.74) is 1.94. The molecule has 0 aliphatic carbocycles. The van der Waals surface area contributed by atoms with Gasteiger partial charge in [0.2, 0.25) is 0 Å². The smallest absolute Gasteiger partial charge is 0.133 e. The number of hydrogen-bond donors (Lipinski definition) is 1. The number of nitrogens with zero attached hydrogens (tertiary/aromatic N) is 1. The van der Waals surface area contributed by atoms with Gasteiger partial charge in [0.25, 0.3) is 0 Å². The molecule has 0 radical (unpaired) electrons. The summed E-state index contributed by atoms with van der Waals surface area (Å²) in [6, 6.07) is 12.0. The van der Waals surface area contributed by atoms with Crippen LogP contribution in [0.5, 0.6) is 5.75 Å². The van der Waals surface area contributed by atoms with Gasteiger partial charge in [-0.15, -0.1) is 0 Å². The molecule has 2 saturated heterocycles. The van der Waals surface area contributed by atoms with Gasteiger partial charge in [0.05, 0.1) is 13.1 Å². The summed E-state index contributed by atoms with van der Waals surface area (Å²) in [6.07, 6.45) is 2.42. The summed E-state index contributed by atoms with van der Waals surface area (Å²) < 4.78 is 32.5. The number of hydrogen-bond acceptors (Lipinski definition) is 3. The van der Waals surface area contributed by atoms with Crippen LogP contribution in [-0.2, 0) is 0 Å². The average molecular weight is 344 g/mol. The minimum Gasteiger partial charge on any atom is -0.487 e. The van der Waals surface area contributed by atoms with Crippen molar-refractivity contribution < 1.29 is 13.5 Å². The van der Waals surface area contributed by atoms with Crippen molar-refractivity contribution >= 4 is 5.69 Å². The number of piperidine rings is 1. The number of nitrogens with one attached hydrogen (secondary N) is 1. The third-order valence-electron chi connectivity index (χ3n) is 5.05. The molecular weight excluding hydrogens is 322 g/mol. The Hall–Kier alpha value is -2.14. The molecule has 0 amide bonds. The lowest BCUT2D eigenvalue weighted by atomic mass is 9.90. The van der Waals surface area contributed by atoms with Crippen LogP contribution in [0.4, 0.5) is 14.5 Å². The predicted octanol–water partition coefficient (Wildman–Crippen LogP) is 3.70. The molecule has 0 unspecified atom stereocenters. The third kappa shape index (κ3) is 3.76. The van der Waals surface area contributed by atoms with Crippen molar-refractivity contribution in [3.8, 4) is 5.75 Å². The molecule has 2 fully saturated rings. The van der Waals surface area contributed by atoms with E-state index in [1.807, 2.05) is 17.0 Å². The van der Waals surface area contributed by atoms with Crippen molar-refractivity contribution in [2.45, 2.75) is 24.9 Å². The van der Waals surface area contributed by atoms with E-state index < -0.39 is 11.6 Å². The van der Waals surface area contributed by atoms with Gasteiger partial charge in [-0.2, -0.15) is 0 Å². The van der Waals surface area contributed by atoms with Crippen LogP contribution >= 0.6 is 0 Å². The van der Waals surface area contributed by atoms with E-state index in [9.17, 15) is 8.78 Å². The summed E-state index contributed by atoms with van der Waals surface area (Å²) in [6.45, 7) is 3.45. The van der Waals surface area contributed by atoms with Crippen LogP contribution in [0.3, 0.4) is 0 Å². The molecular formula is C20H22F2N2O. The largest absolute Gasteiger partial charge is 0.487 e. The van der Waals surface area contributed by atoms with E-state index in [-0.39, 0.29) is 6.10 Å². The monoisotopic (exact) mass is 344 g/mol. The molecule has 132 valence electrons. The molecule has 0 spiro atoms. The highest BCUT2D eigenvalue weighted by Gasteiger charge is 2.29. The second-order valence-electron chi connectivity index (χ2n) is 6.87. The van der Waals surface area contributed by atoms with Gasteiger partial charge in [-0.05, 0) is 61.7 Å². The van der Waals surface area contributed by atoms with Crippen LogP contribution in [0.15, 0.2) is 42.5 Å². The number of benzene rings is 2. The molecule has 5 heteroatoms. The van der Waals surface area contributed by atoms with Crippen LogP contribution in [0.2, 0.25) is 0 Å². The van der Waals surface area contributed by atoms with Crippen LogP contribution in [0.1, 0.15) is 24.3 Å². The number of anilines is 1. The van der Waals surface area contributed by atoms with E-state index in [0.29, 0.717) is 24.7 Å². The minimum absolute atomic E-state index is 0.0519. The molecule has 3 nitrogen and oxygen atoms in total. The lowest BCUT2D eigenvalue weighted by molar-refractivity contribution is 0.167. The molecule has 0 atom stereocenters. The Balaban J connectivity index is 1.32. The molecule has 2 aliphatic rings. The zero-order chi connectivity index (χ0) is 17.2. The molecule has 2 aromatic carbocycles. The first-order chi connectivity index (χ1) is 12.2. The van der Waals surface area contributed by atoms with Crippen molar-refractivity contribution in [3.63, 3.8) is 0 Å². The maximum Gasteiger partial charge on any atom is 0.133 e. The fraction of sp³-hybridized carbons (Fsp3) is 0.400. The Morgan fingerprint density at radius 3 is 2.20 bits per heavy atom. The second kappa shape index (κ2) is 7.00. The van der Waals surface area contributed by atoms with Gasteiger partial charge in [0.1, 0.15) is 23.5 Å². The third-order valence-corrected chi connectivity index (χ3v) is 5.05. The molecule has 1 N–H and O–H groups in total. The topological polar surface area (TPSA) is 24.5 Å². The van der Waals surface area contributed by atoms with Crippen LogP contribution in [0.25, 0.3) is 0 Å². The Morgan fingerprint density at radius 1 is 0.920 bits per heavy atom. The molecule has 2 aromatic rings. The zero-order valence-corrected chi connectivity index (χ0v) is 14.1. The van der Waals surface area contributed by atoms with E-state index in [2.05, 4.69) is 17.4 Å². The molecule has 4 rings (SSSR count). The van der Waals surface area contributed by atoms with Gasteiger partial charge in [0, 0.05) is 11.8 Å². The first kappa shape index (κ1) is 16.3. The molecule has 0 aromatic heterocycles. The van der Waals surface area contributed by atoms with Gasteiger partial charge >= 0.3 is 0 Å². The summed E-state index contributed by atoms with van der Waals surface area (Å²) in [5, 5.41) is 3.39. The SMILES string of the molecule is Fc1cc(F)cc(N2CC(Oc3ccc(C4CCNCC4)cc3)C2)c1. The highest BCUT2D eigenvalue weighted by Crippen LogP contribution is 2.29. The van der Waals surface area contributed by atoms with Gasteiger partial charge in [-0.3, -0.25) is 0 Å². The maximum absolute atomic E-state index is 13.3. The number of rotatable bonds is 4. The van der Waals surface area contributed by atoms with Crippen LogP contribution < -0.4 is 15.0 Å². The average Bonchev–Trinajstić information content (AvgIpc) is 2.58. The number of ether oxygens (including phenoxy) is 1. The lowest BCUT2D eigenvalue weighted by Crippen LogP contribution is -2.54. The quantitative estimate of drug-likeness (QED) is 0.915. The Labute approximate surface area is 146 Å². The van der Waals surface area contributed by atoms with E-state index >= 15 is 0 Å². The lowest BCUT2D eigenvalue weighted by Gasteiger charge is -2.40. The summed E-state index contributed by atoms with van der Waals surface area (Å²) >= 11 is 0. The number of halogens is 2. The molecule has 0 bridgehead atoms. The second-order valence-corrected chi connectivity index (χ2v) is 6.87. The summed E-state index contributed by atoms with van der Waals surface area (Å²) in [4.78, 5) is 1.92. The normalized spacial score (nSPS) is 18.9.